The van der Waals surface area contributed by atoms with E-state index in [0.717, 1.165) is 44.9 Å². The number of carbonyl (C=O) groups is 1. The Kier molecular flexibility index (Phi) is 6.24. The molecule has 1 amide bonds. The van der Waals surface area contributed by atoms with Crippen LogP contribution in [0.2, 0.25) is 0 Å². The van der Waals surface area contributed by atoms with Gasteiger partial charge in [0, 0.05) is 49.4 Å². The van der Waals surface area contributed by atoms with Gasteiger partial charge in [-0.05, 0) is 67.1 Å². The first-order valence-electron chi connectivity index (χ1n) is 12.7. The number of amides is 1. The number of nitrogens with one attached hydrogen (secondary N) is 1. The molecule has 0 unspecified atom stereocenters. The summed E-state index contributed by atoms with van der Waals surface area (Å²) in [7, 11) is 1.90. The molecule has 0 atom stereocenters. The number of aryl methyl sites for hydroxylation is 2. The minimum absolute atomic E-state index is 0.0304. The molecule has 6 rings (SSSR count). The molecule has 0 spiro atoms. The number of carbonyl (C=O) groups excluding carboxylic acids is 1. The van der Waals surface area contributed by atoms with E-state index in [2.05, 4.69) is 33.0 Å². The van der Waals surface area contributed by atoms with Gasteiger partial charge in [0.15, 0.2) is 5.82 Å². The zero-order valence-corrected chi connectivity index (χ0v) is 21.7. The van der Waals surface area contributed by atoms with Crippen molar-refractivity contribution >= 4 is 45.4 Å². The largest absolute Gasteiger partial charge is 0.457 e. The molecule has 9 nitrogen and oxygen atoms in total. The second-order valence-corrected chi connectivity index (χ2v) is 9.62. The van der Waals surface area contributed by atoms with Gasteiger partial charge in [-0.1, -0.05) is 12.7 Å². The first-order chi connectivity index (χ1) is 18.9. The van der Waals surface area contributed by atoms with Crippen molar-refractivity contribution in [3.63, 3.8) is 0 Å². The monoisotopic (exact) mass is 517 g/mol. The highest BCUT2D eigenvalue weighted by Crippen LogP contribution is 2.31. The van der Waals surface area contributed by atoms with E-state index in [1.165, 1.54) is 12.4 Å². The van der Waals surface area contributed by atoms with Gasteiger partial charge in [-0.25, -0.2) is 15.0 Å². The Labute approximate surface area is 225 Å². The minimum Gasteiger partial charge on any atom is -0.457 e. The molecule has 1 aliphatic rings. The molecule has 1 aliphatic heterocycles. The van der Waals surface area contributed by atoms with Gasteiger partial charge in [0.25, 0.3) is 0 Å². The number of anilines is 2. The average Bonchev–Trinajstić information content (AvgIpc) is 3.28. The summed E-state index contributed by atoms with van der Waals surface area (Å²) in [4.78, 5) is 27.0. The van der Waals surface area contributed by atoms with E-state index in [4.69, 9.17) is 9.72 Å². The highest BCUT2D eigenvalue weighted by atomic mass is 16.5. The van der Waals surface area contributed by atoms with Crippen molar-refractivity contribution < 1.29 is 9.53 Å². The summed E-state index contributed by atoms with van der Waals surface area (Å²) >= 11 is 0. The first-order valence-corrected chi connectivity index (χ1v) is 12.7. The molecule has 194 valence electrons. The Bertz CT molecular complexity index is 1750. The Hall–Kier alpha value is -5.05. The summed E-state index contributed by atoms with van der Waals surface area (Å²) in [5, 5.41) is 8.91. The topological polar surface area (TPSA) is 98.1 Å². The number of pyridine rings is 1. The minimum atomic E-state index is -0.0304. The number of aromatic nitrogens is 5. The van der Waals surface area contributed by atoms with Gasteiger partial charge in [-0.2, -0.15) is 5.10 Å². The van der Waals surface area contributed by atoms with Crippen LogP contribution in [0.25, 0.3) is 28.0 Å². The van der Waals surface area contributed by atoms with Crippen molar-refractivity contribution in [3.05, 3.63) is 91.0 Å². The van der Waals surface area contributed by atoms with E-state index in [1.54, 1.807) is 9.58 Å². The third-order valence-electron chi connectivity index (χ3n) is 6.70. The van der Waals surface area contributed by atoms with Crippen LogP contribution in [-0.2, 0) is 11.8 Å². The predicted octanol–water partition coefficient (Wildman–Crippen LogP) is 5.41. The quantitative estimate of drug-likeness (QED) is 0.288. The first kappa shape index (κ1) is 24.3. The Balaban J connectivity index is 1.18. The van der Waals surface area contributed by atoms with Crippen molar-refractivity contribution in [3.8, 4) is 11.5 Å². The summed E-state index contributed by atoms with van der Waals surface area (Å²) < 4.78 is 7.95. The van der Waals surface area contributed by atoms with Crippen LogP contribution in [0.15, 0.2) is 79.8 Å². The molecule has 1 N–H and O–H groups in total. The van der Waals surface area contributed by atoms with Crippen molar-refractivity contribution in [2.45, 2.75) is 6.92 Å². The number of hydrogen-bond donors (Lipinski definition) is 1. The molecule has 0 saturated carbocycles. The van der Waals surface area contributed by atoms with Crippen LogP contribution in [-0.4, -0.2) is 48.6 Å². The molecule has 1 saturated heterocycles. The second-order valence-electron chi connectivity index (χ2n) is 9.62. The number of benzene rings is 2. The van der Waals surface area contributed by atoms with Gasteiger partial charge in [-0.15, -0.1) is 0 Å². The average molecular weight is 518 g/mol. The number of ether oxygens (including phenoxy) is 1. The van der Waals surface area contributed by atoms with Gasteiger partial charge < -0.3 is 15.0 Å². The molecule has 0 aliphatic carbocycles. The van der Waals surface area contributed by atoms with Crippen LogP contribution in [0.1, 0.15) is 11.3 Å². The maximum atomic E-state index is 11.7. The second kappa shape index (κ2) is 10.0. The van der Waals surface area contributed by atoms with E-state index < -0.39 is 0 Å². The maximum absolute atomic E-state index is 11.7. The fourth-order valence-corrected chi connectivity index (χ4v) is 4.61. The molecular formula is C30H27N7O2. The van der Waals surface area contributed by atoms with E-state index >= 15 is 0 Å². The van der Waals surface area contributed by atoms with Gasteiger partial charge >= 0.3 is 0 Å². The van der Waals surface area contributed by atoms with Gasteiger partial charge in [0.05, 0.1) is 16.7 Å². The molecule has 0 radical (unpaired) electrons. The fraction of sp³-hybridized carbons (Fsp3) is 0.167. The van der Waals surface area contributed by atoms with E-state index in [-0.39, 0.29) is 5.91 Å². The molecule has 5 aromatic rings. The number of likely N-dealkylation sites (tertiary alicyclic amines) is 1. The van der Waals surface area contributed by atoms with Crippen LogP contribution < -0.4 is 10.1 Å². The summed E-state index contributed by atoms with van der Waals surface area (Å²) in [6.07, 6.45) is 8.93. The SMILES string of the molecule is C=CC(=O)N1CC(/C=C/c2ccc3ncnc(Nc4ccc(Oc5ccc6cn(C)nc6c5)c(C)c4)c3n2)C1. The van der Waals surface area contributed by atoms with Crippen LogP contribution in [0.5, 0.6) is 11.5 Å². The standard InChI is InChI=1S/C30H27N7O2/c1-4-28(38)37-15-20(16-37)5-7-22-8-11-25-29(33-22)30(32-18-31-25)34-23-9-12-27(19(2)13-23)39-24-10-6-21-17-36(3)35-26(21)14-24/h4-14,17-18,20H,1,15-16H2,2-3H3,(H,31,32,34)/b7-5+. The normalized spacial score (nSPS) is 13.6. The van der Waals surface area contributed by atoms with Gasteiger partial charge in [-0.3, -0.25) is 9.48 Å². The molecule has 2 aromatic carbocycles. The lowest BCUT2D eigenvalue weighted by molar-refractivity contribution is -0.130. The third kappa shape index (κ3) is 5.06. The molecule has 9 heteroatoms. The number of nitrogens with zero attached hydrogens (tertiary/aromatic N) is 6. The molecular weight excluding hydrogens is 490 g/mol. The lowest BCUT2D eigenvalue weighted by atomic mass is 9.99. The summed E-state index contributed by atoms with van der Waals surface area (Å²) in [6.45, 7) is 6.93. The Morgan fingerprint density at radius 3 is 2.79 bits per heavy atom. The summed E-state index contributed by atoms with van der Waals surface area (Å²) in [6, 6.07) is 15.7. The van der Waals surface area contributed by atoms with E-state index in [9.17, 15) is 4.79 Å². The summed E-state index contributed by atoms with van der Waals surface area (Å²) in [5.41, 5.74) is 4.96. The Morgan fingerprint density at radius 1 is 1.10 bits per heavy atom. The molecule has 39 heavy (non-hydrogen) atoms. The molecule has 4 heterocycles. The van der Waals surface area contributed by atoms with E-state index in [1.807, 2.05) is 74.8 Å². The zero-order valence-electron chi connectivity index (χ0n) is 21.7. The number of rotatable bonds is 7. The van der Waals surface area contributed by atoms with Crippen LogP contribution in [0, 0.1) is 12.8 Å². The lowest BCUT2D eigenvalue weighted by Gasteiger charge is -2.36. The smallest absolute Gasteiger partial charge is 0.245 e. The van der Waals surface area contributed by atoms with Crippen LogP contribution in [0.4, 0.5) is 11.5 Å². The highest BCUT2D eigenvalue weighted by molar-refractivity contribution is 5.88. The molecule has 0 bridgehead atoms. The fourth-order valence-electron chi connectivity index (χ4n) is 4.61. The van der Waals surface area contributed by atoms with Gasteiger partial charge in [0.2, 0.25) is 5.91 Å². The number of hydrogen-bond acceptors (Lipinski definition) is 7. The molecule has 1 fully saturated rings. The van der Waals surface area contributed by atoms with Crippen LogP contribution in [0.3, 0.4) is 0 Å². The number of fused-ring (bicyclic) bond motifs is 2. The summed E-state index contributed by atoms with van der Waals surface area (Å²) in [5.74, 6) is 2.40. The van der Waals surface area contributed by atoms with Gasteiger partial charge in [0.1, 0.15) is 23.3 Å². The maximum Gasteiger partial charge on any atom is 0.245 e. The lowest BCUT2D eigenvalue weighted by Crippen LogP contribution is -2.48. The van der Waals surface area contributed by atoms with Crippen molar-refractivity contribution in [1.82, 2.24) is 29.6 Å². The van der Waals surface area contributed by atoms with Crippen LogP contribution >= 0.6 is 0 Å². The highest BCUT2D eigenvalue weighted by Gasteiger charge is 2.26. The molecule has 3 aromatic heterocycles. The van der Waals surface area contributed by atoms with E-state index in [0.29, 0.717) is 30.3 Å². The zero-order chi connectivity index (χ0) is 26.9. The third-order valence-corrected chi connectivity index (χ3v) is 6.70. The van der Waals surface area contributed by atoms with Crippen molar-refractivity contribution in [2.24, 2.45) is 13.0 Å². The van der Waals surface area contributed by atoms with Crippen molar-refractivity contribution in [1.29, 1.82) is 0 Å². The van der Waals surface area contributed by atoms with Crippen molar-refractivity contribution in [2.75, 3.05) is 18.4 Å². The predicted molar refractivity (Wildman–Crippen MR) is 152 cm³/mol. The Morgan fingerprint density at radius 2 is 1.97 bits per heavy atom.